The number of nitrogens with zero attached hydrogens (tertiary/aromatic N) is 1. The zero-order valence-electron chi connectivity index (χ0n) is 11.5. The molecule has 1 amide bonds. The smallest absolute Gasteiger partial charge is 0.251 e. The fraction of sp³-hybridized carbons (Fsp3) is 0.125. The van der Waals surface area contributed by atoms with Crippen molar-refractivity contribution in [3.05, 3.63) is 63.6 Å². The molecule has 21 heavy (non-hydrogen) atoms. The molecular formula is C16H14BrN3O. The number of carbonyl (C=O) groups is 1. The maximum absolute atomic E-state index is 11.5. The lowest BCUT2D eigenvalue weighted by atomic mass is 10.1. The minimum Gasteiger partial charge on any atom is -0.380 e. The van der Waals surface area contributed by atoms with Gasteiger partial charge >= 0.3 is 0 Å². The van der Waals surface area contributed by atoms with E-state index in [9.17, 15) is 4.79 Å². The summed E-state index contributed by atoms with van der Waals surface area (Å²) in [4.78, 5) is 11.5. The van der Waals surface area contributed by atoms with E-state index in [0.717, 1.165) is 15.7 Å². The largest absolute Gasteiger partial charge is 0.380 e. The quantitative estimate of drug-likeness (QED) is 0.895. The number of rotatable bonds is 4. The second-order valence-electron chi connectivity index (χ2n) is 4.43. The van der Waals surface area contributed by atoms with Crippen LogP contribution in [0.5, 0.6) is 0 Å². The van der Waals surface area contributed by atoms with Crippen LogP contribution in [-0.4, -0.2) is 13.0 Å². The van der Waals surface area contributed by atoms with Gasteiger partial charge < -0.3 is 10.6 Å². The van der Waals surface area contributed by atoms with Crippen LogP contribution >= 0.6 is 15.9 Å². The molecule has 0 aliphatic carbocycles. The molecule has 0 aliphatic heterocycles. The molecule has 0 aromatic heterocycles. The van der Waals surface area contributed by atoms with Crippen molar-refractivity contribution in [2.75, 3.05) is 12.4 Å². The van der Waals surface area contributed by atoms with Crippen LogP contribution < -0.4 is 10.6 Å². The molecule has 2 N–H and O–H groups in total. The molecule has 0 heterocycles. The fourth-order valence-electron chi connectivity index (χ4n) is 1.88. The van der Waals surface area contributed by atoms with E-state index in [2.05, 4.69) is 32.6 Å². The zero-order valence-corrected chi connectivity index (χ0v) is 13.1. The summed E-state index contributed by atoms with van der Waals surface area (Å²) in [5, 5.41) is 14.9. The summed E-state index contributed by atoms with van der Waals surface area (Å²) in [6.07, 6.45) is 0. The predicted molar refractivity (Wildman–Crippen MR) is 86.0 cm³/mol. The Balaban J connectivity index is 2.07. The summed E-state index contributed by atoms with van der Waals surface area (Å²) in [6, 6.07) is 15.0. The molecule has 106 valence electrons. The standard InChI is InChI=1S/C16H14BrN3O/c1-19-16(21)12-4-2-11(3-5-12)10-20-15-7-6-14(17)8-13(15)9-18/h2-8,20H,10H2,1H3,(H,19,21). The first-order chi connectivity index (χ1) is 10.1. The molecule has 0 saturated heterocycles. The van der Waals surface area contributed by atoms with Gasteiger partial charge in [-0.25, -0.2) is 0 Å². The summed E-state index contributed by atoms with van der Waals surface area (Å²) in [5.74, 6) is -0.103. The van der Waals surface area contributed by atoms with Crippen LogP contribution in [0.25, 0.3) is 0 Å². The zero-order chi connectivity index (χ0) is 15.2. The highest BCUT2D eigenvalue weighted by Crippen LogP contribution is 2.21. The van der Waals surface area contributed by atoms with Crippen molar-refractivity contribution in [2.24, 2.45) is 0 Å². The Morgan fingerprint density at radius 2 is 1.95 bits per heavy atom. The van der Waals surface area contributed by atoms with Gasteiger partial charge in [-0.3, -0.25) is 4.79 Å². The van der Waals surface area contributed by atoms with Gasteiger partial charge in [-0.2, -0.15) is 5.26 Å². The highest BCUT2D eigenvalue weighted by Gasteiger charge is 2.04. The van der Waals surface area contributed by atoms with Gasteiger partial charge in [0.05, 0.1) is 11.3 Å². The van der Waals surface area contributed by atoms with Crippen molar-refractivity contribution in [3.63, 3.8) is 0 Å². The minimum atomic E-state index is -0.103. The lowest BCUT2D eigenvalue weighted by Crippen LogP contribution is -2.17. The number of hydrogen-bond donors (Lipinski definition) is 2. The molecule has 0 saturated carbocycles. The second kappa shape index (κ2) is 6.91. The van der Waals surface area contributed by atoms with Crippen LogP contribution in [0.2, 0.25) is 0 Å². The Hall–Kier alpha value is -2.32. The third-order valence-electron chi connectivity index (χ3n) is 3.03. The average Bonchev–Trinajstić information content (AvgIpc) is 2.53. The van der Waals surface area contributed by atoms with Crippen molar-refractivity contribution >= 4 is 27.5 Å². The average molecular weight is 344 g/mol. The molecule has 0 bridgehead atoms. The first-order valence-electron chi connectivity index (χ1n) is 6.38. The molecule has 0 spiro atoms. The molecule has 0 aliphatic rings. The normalized spacial score (nSPS) is 9.76. The Morgan fingerprint density at radius 3 is 2.57 bits per heavy atom. The Kier molecular flexibility index (Phi) is 4.96. The van der Waals surface area contributed by atoms with E-state index in [-0.39, 0.29) is 5.91 Å². The number of nitrogens with one attached hydrogen (secondary N) is 2. The van der Waals surface area contributed by atoms with Gasteiger partial charge in [0.15, 0.2) is 0 Å². The Labute approximate surface area is 131 Å². The molecule has 0 fully saturated rings. The summed E-state index contributed by atoms with van der Waals surface area (Å²) in [5.41, 5.74) is 3.04. The molecule has 0 radical (unpaired) electrons. The van der Waals surface area contributed by atoms with Gasteiger partial charge in [0.25, 0.3) is 5.91 Å². The number of carbonyl (C=O) groups excluding carboxylic acids is 1. The van der Waals surface area contributed by atoms with Gasteiger partial charge in [-0.1, -0.05) is 28.1 Å². The van der Waals surface area contributed by atoms with Crippen molar-refractivity contribution in [1.29, 1.82) is 5.26 Å². The van der Waals surface area contributed by atoms with E-state index >= 15 is 0 Å². The first kappa shape index (κ1) is 15.1. The van der Waals surface area contributed by atoms with E-state index in [1.165, 1.54) is 0 Å². The van der Waals surface area contributed by atoms with E-state index < -0.39 is 0 Å². The van der Waals surface area contributed by atoms with Gasteiger partial charge in [0.2, 0.25) is 0 Å². The van der Waals surface area contributed by atoms with E-state index in [4.69, 9.17) is 5.26 Å². The first-order valence-corrected chi connectivity index (χ1v) is 7.18. The van der Waals surface area contributed by atoms with Crippen molar-refractivity contribution < 1.29 is 4.79 Å². The highest BCUT2D eigenvalue weighted by molar-refractivity contribution is 9.10. The van der Waals surface area contributed by atoms with Gasteiger partial charge in [0, 0.05) is 23.6 Å². The summed E-state index contributed by atoms with van der Waals surface area (Å²) >= 11 is 3.34. The van der Waals surface area contributed by atoms with Crippen LogP contribution in [0.15, 0.2) is 46.9 Å². The molecule has 2 rings (SSSR count). The monoisotopic (exact) mass is 343 g/mol. The number of halogens is 1. The topological polar surface area (TPSA) is 64.9 Å². The van der Waals surface area contributed by atoms with Crippen LogP contribution in [-0.2, 0) is 6.54 Å². The maximum Gasteiger partial charge on any atom is 0.251 e. The van der Waals surface area contributed by atoms with E-state index in [0.29, 0.717) is 17.7 Å². The molecule has 5 heteroatoms. The van der Waals surface area contributed by atoms with E-state index in [1.807, 2.05) is 24.3 Å². The van der Waals surface area contributed by atoms with Crippen molar-refractivity contribution in [2.45, 2.75) is 6.54 Å². The van der Waals surface area contributed by atoms with Crippen molar-refractivity contribution in [3.8, 4) is 6.07 Å². The van der Waals surface area contributed by atoms with Crippen LogP contribution in [0, 0.1) is 11.3 Å². The second-order valence-corrected chi connectivity index (χ2v) is 5.35. The van der Waals surface area contributed by atoms with Gasteiger partial charge in [0.1, 0.15) is 6.07 Å². The summed E-state index contributed by atoms with van der Waals surface area (Å²) in [6.45, 7) is 0.588. The Morgan fingerprint density at radius 1 is 1.24 bits per heavy atom. The fourth-order valence-corrected chi connectivity index (χ4v) is 2.24. The molecule has 2 aromatic rings. The lowest BCUT2D eigenvalue weighted by molar-refractivity contribution is 0.0963. The number of anilines is 1. The molecule has 4 nitrogen and oxygen atoms in total. The highest BCUT2D eigenvalue weighted by atomic mass is 79.9. The van der Waals surface area contributed by atoms with Crippen LogP contribution in [0.1, 0.15) is 21.5 Å². The maximum atomic E-state index is 11.5. The summed E-state index contributed by atoms with van der Waals surface area (Å²) in [7, 11) is 1.61. The molecule has 0 atom stereocenters. The summed E-state index contributed by atoms with van der Waals surface area (Å²) < 4.78 is 0.875. The third-order valence-corrected chi connectivity index (χ3v) is 3.52. The SMILES string of the molecule is CNC(=O)c1ccc(CNc2ccc(Br)cc2C#N)cc1. The minimum absolute atomic E-state index is 0.103. The predicted octanol–water partition coefficient (Wildman–Crippen LogP) is 3.29. The van der Waals surface area contributed by atoms with Crippen LogP contribution in [0.3, 0.4) is 0 Å². The number of amides is 1. The third kappa shape index (κ3) is 3.83. The molecule has 0 unspecified atom stereocenters. The lowest BCUT2D eigenvalue weighted by Gasteiger charge is -2.09. The van der Waals surface area contributed by atoms with Gasteiger partial charge in [-0.15, -0.1) is 0 Å². The Bertz CT molecular complexity index is 690. The number of nitriles is 1. The number of hydrogen-bond acceptors (Lipinski definition) is 3. The van der Waals surface area contributed by atoms with Crippen LogP contribution in [0.4, 0.5) is 5.69 Å². The molecular weight excluding hydrogens is 330 g/mol. The number of benzene rings is 2. The van der Waals surface area contributed by atoms with Crippen molar-refractivity contribution in [1.82, 2.24) is 5.32 Å². The molecule has 2 aromatic carbocycles. The van der Waals surface area contributed by atoms with E-state index in [1.54, 1.807) is 25.2 Å². The van der Waals surface area contributed by atoms with Gasteiger partial charge in [-0.05, 0) is 35.9 Å².